The van der Waals surface area contributed by atoms with Gasteiger partial charge < -0.3 is 0 Å². The highest BCUT2D eigenvalue weighted by Crippen LogP contribution is 2.43. The molecule has 1 aliphatic rings. The number of rotatable bonds is 4. The monoisotopic (exact) mass is 425 g/mol. The van der Waals surface area contributed by atoms with Crippen molar-refractivity contribution < 1.29 is 26.3 Å². The van der Waals surface area contributed by atoms with E-state index < -0.39 is 60.1 Å². The van der Waals surface area contributed by atoms with E-state index in [4.69, 9.17) is 0 Å². The number of nitrogens with zero attached hydrogens (tertiary/aromatic N) is 4. The average molecular weight is 425 g/mol. The smallest absolute Gasteiger partial charge is 0.282 e. The molecule has 0 spiro atoms. The molecule has 2 atom stereocenters. The van der Waals surface area contributed by atoms with E-state index in [0.717, 1.165) is 6.07 Å². The lowest BCUT2D eigenvalue weighted by atomic mass is 9.75. The number of benzene rings is 1. The van der Waals surface area contributed by atoms with Crippen molar-refractivity contribution in [1.29, 1.82) is 10.5 Å². The maximum Gasteiger partial charge on any atom is 0.389 e. The predicted octanol–water partition coefficient (Wildman–Crippen LogP) is 5.07. The molecule has 0 saturated heterocycles. The summed E-state index contributed by atoms with van der Waals surface area (Å²) in [4.78, 5) is 3.52. The molecule has 156 valence electrons. The molecule has 2 heterocycles. The lowest BCUT2D eigenvalue weighted by Crippen LogP contribution is -2.32. The Balaban J connectivity index is 2.24. The number of nitriles is 2. The third kappa shape index (κ3) is 3.88. The number of hydrogen-bond donors (Lipinski definition) is 1. The molecular weight excluding hydrogens is 412 g/mol. The first kappa shape index (κ1) is 21.4. The second-order valence-electron chi connectivity index (χ2n) is 6.75. The summed E-state index contributed by atoms with van der Waals surface area (Å²) in [6.07, 6.45) is -10.1. The largest absolute Gasteiger partial charge is 0.389 e. The minimum Gasteiger partial charge on any atom is -0.282 e. The Bertz CT molecular complexity index is 1130. The molecule has 1 aliphatic heterocycles. The Hall–Kier alpha value is -3.34. The Kier molecular flexibility index (Phi) is 5.57. The van der Waals surface area contributed by atoms with Gasteiger partial charge in [-0.1, -0.05) is 0 Å². The Morgan fingerprint density at radius 1 is 1.23 bits per heavy atom. The van der Waals surface area contributed by atoms with Crippen molar-refractivity contribution in [3.63, 3.8) is 0 Å². The number of aryl methyl sites for hydroxylation is 1. The first-order chi connectivity index (χ1) is 14.1. The fourth-order valence-corrected chi connectivity index (χ4v) is 3.46. The van der Waals surface area contributed by atoms with Crippen LogP contribution in [0.4, 0.5) is 26.3 Å². The molecule has 11 heteroatoms. The number of nitrogens with one attached hydrogen (secondary N) is 1. The van der Waals surface area contributed by atoms with E-state index in [1.165, 1.54) is 6.07 Å². The van der Waals surface area contributed by atoms with E-state index in [-0.39, 0.29) is 11.1 Å². The molecule has 0 bridgehead atoms. The maximum absolute atomic E-state index is 14.9. The molecule has 0 saturated carbocycles. The second-order valence-corrected chi connectivity index (χ2v) is 6.75. The topological polar surface area (TPSA) is 88.6 Å². The summed E-state index contributed by atoms with van der Waals surface area (Å²) in [6, 6.07) is 5.57. The summed E-state index contributed by atoms with van der Waals surface area (Å²) in [5.41, 5.74) is -1.44. The van der Waals surface area contributed by atoms with Gasteiger partial charge in [-0.2, -0.15) is 28.8 Å². The van der Waals surface area contributed by atoms with Gasteiger partial charge in [-0.3, -0.25) is 10.1 Å². The van der Waals surface area contributed by atoms with Gasteiger partial charge >= 0.3 is 6.18 Å². The number of aromatic nitrogens is 2. The summed E-state index contributed by atoms with van der Waals surface area (Å²) in [7, 11) is 0. The van der Waals surface area contributed by atoms with Gasteiger partial charge in [0, 0.05) is 29.5 Å². The Labute approximate surface area is 166 Å². The fourth-order valence-electron chi connectivity index (χ4n) is 3.46. The number of halogens is 6. The number of allylic oxidation sites excluding steroid dienone is 2. The summed E-state index contributed by atoms with van der Waals surface area (Å²) in [5, 5.41) is 26.0. The highest BCUT2D eigenvalue weighted by atomic mass is 19.4. The van der Waals surface area contributed by atoms with Crippen molar-refractivity contribution in [2.24, 2.45) is 10.9 Å². The third-order valence-electron chi connectivity index (χ3n) is 4.86. The molecule has 0 radical (unpaired) electrons. The van der Waals surface area contributed by atoms with Gasteiger partial charge in [-0.15, -0.1) is 0 Å². The van der Waals surface area contributed by atoms with Gasteiger partial charge in [0.15, 0.2) is 0 Å². The van der Waals surface area contributed by atoms with Crippen LogP contribution in [0.3, 0.4) is 0 Å². The SMILES string of the molecule is Cc1[nH]nc2cc(F)c(C3C(C#N)=C(CCC(F)(F)F)N=C(C(F)F)C3C#N)cc12. The predicted molar refractivity (Wildman–Crippen MR) is 94.0 cm³/mol. The zero-order valence-electron chi connectivity index (χ0n) is 15.4. The van der Waals surface area contributed by atoms with E-state index >= 15 is 0 Å². The summed E-state index contributed by atoms with van der Waals surface area (Å²) < 4.78 is 80.1. The highest BCUT2D eigenvalue weighted by Gasteiger charge is 2.42. The lowest BCUT2D eigenvalue weighted by molar-refractivity contribution is -0.134. The highest BCUT2D eigenvalue weighted by molar-refractivity contribution is 5.95. The molecule has 2 aromatic rings. The normalized spacial score (nSPS) is 19.7. The van der Waals surface area contributed by atoms with Crippen LogP contribution in [0.1, 0.15) is 30.0 Å². The van der Waals surface area contributed by atoms with Crippen LogP contribution >= 0.6 is 0 Å². The summed E-state index contributed by atoms with van der Waals surface area (Å²) in [5.74, 6) is -4.16. The van der Waals surface area contributed by atoms with Crippen LogP contribution < -0.4 is 0 Å². The molecule has 3 rings (SSSR count). The summed E-state index contributed by atoms with van der Waals surface area (Å²) in [6.45, 7) is 1.63. The minimum atomic E-state index is -4.62. The van der Waals surface area contributed by atoms with E-state index in [2.05, 4.69) is 15.2 Å². The van der Waals surface area contributed by atoms with Crippen molar-refractivity contribution in [1.82, 2.24) is 10.2 Å². The van der Waals surface area contributed by atoms with Crippen molar-refractivity contribution in [3.8, 4) is 12.1 Å². The van der Waals surface area contributed by atoms with Crippen LogP contribution in [0, 0.1) is 41.3 Å². The third-order valence-corrected chi connectivity index (χ3v) is 4.86. The average Bonchev–Trinajstić information content (AvgIpc) is 3.03. The zero-order chi connectivity index (χ0) is 22.2. The first-order valence-corrected chi connectivity index (χ1v) is 8.67. The molecule has 5 nitrogen and oxygen atoms in total. The van der Waals surface area contributed by atoms with Crippen molar-refractivity contribution in [2.75, 3.05) is 0 Å². The zero-order valence-corrected chi connectivity index (χ0v) is 15.4. The van der Waals surface area contributed by atoms with Crippen LogP contribution in [0.25, 0.3) is 10.9 Å². The number of aromatic amines is 1. The number of aliphatic imine (C=N–C) groups is 1. The van der Waals surface area contributed by atoms with Gasteiger partial charge in [0.1, 0.15) is 17.4 Å². The van der Waals surface area contributed by atoms with E-state index in [1.54, 1.807) is 19.1 Å². The minimum absolute atomic E-state index is 0.237. The fraction of sp³-hybridized carbons (Fsp3) is 0.368. The molecule has 2 unspecified atom stereocenters. The molecule has 0 aliphatic carbocycles. The Morgan fingerprint density at radius 2 is 1.93 bits per heavy atom. The molecule has 0 amide bonds. The first-order valence-electron chi connectivity index (χ1n) is 8.67. The van der Waals surface area contributed by atoms with Gasteiger partial charge in [0.05, 0.1) is 28.9 Å². The van der Waals surface area contributed by atoms with Crippen LogP contribution in [-0.2, 0) is 0 Å². The molecule has 0 fully saturated rings. The molecule has 1 aromatic carbocycles. The molecule has 1 aromatic heterocycles. The second kappa shape index (κ2) is 7.82. The molecular formula is C19H13F6N5. The van der Waals surface area contributed by atoms with Crippen molar-refractivity contribution in [2.45, 2.75) is 38.3 Å². The number of H-pyrrole nitrogens is 1. The van der Waals surface area contributed by atoms with Crippen LogP contribution in [0.15, 0.2) is 28.4 Å². The van der Waals surface area contributed by atoms with E-state index in [0.29, 0.717) is 11.1 Å². The van der Waals surface area contributed by atoms with Crippen molar-refractivity contribution in [3.05, 3.63) is 40.5 Å². The van der Waals surface area contributed by atoms with Gasteiger partial charge in [-0.05, 0) is 25.0 Å². The number of alkyl halides is 5. The molecule has 1 N–H and O–H groups in total. The maximum atomic E-state index is 14.9. The van der Waals surface area contributed by atoms with E-state index in [1.807, 2.05) is 0 Å². The van der Waals surface area contributed by atoms with Gasteiger partial charge in [-0.25, -0.2) is 13.2 Å². The van der Waals surface area contributed by atoms with Crippen LogP contribution in [0.2, 0.25) is 0 Å². The van der Waals surface area contributed by atoms with Gasteiger partial charge in [0.25, 0.3) is 6.43 Å². The Morgan fingerprint density at radius 3 is 2.50 bits per heavy atom. The van der Waals surface area contributed by atoms with Gasteiger partial charge in [0.2, 0.25) is 0 Å². The standard InChI is InChI=1S/C19H13F6N5/c1-8-9-4-10(13(20)5-15(9)30-29-8)16-11(6-26)14(2-3-19(23,24)25)28-17(18(21)22)12(16)7-27/h4-5,12,16,18H,2-3H2,1H3,(H,29,30). The van der Waals surface area contributed by atoms with Crippen LogP contribution in [-0.4, -0.2) is 28.5 Å². The number of hydrogen-bond acceptors (Lipinski definition) is 4. The van der Waals surface area contributed by atoms with Crippen molar-refractivity contribution >= 4 is 16.6 Å². The molecule has 30 heavy (non-hydrogen) atoms. The quantitative estimate of drug-likeness (QED) is 0.694. The van der Waals surface area contributed by atoms with Crippen LogP contribution in [0.5, 0.6) is 0 Å². The summed E-state index contributed by atoms with van der Waals surface area (Å²) >= 11 is 0. The number of fused-ring (bicyclic) bond motifs is 1. The van der Waals surface area contributed by atoms with E-state index in [9.17, 15) is 36.9 Å². The lowest BCUT2D eigenvalue weighted by Gasteiger charge is -2.29.